The molecule has 1 N–H and O–H groups in total. The number of nitrogens with one attached hydrogen (secondary N) is 1. The number of hydrogen-bond donors (Lipinski definition) is 1. The van der Waals surface area contributed by atoms with Gasteiger partial charge in [-0.25, -0.2) is 4.98 Å². The van der Waals surface area contributed by atoms with Gasteiger partial charge in [0, 0.05) is 30.8 Å². The molecule has 1 aliphatic rings. The molecule has 1 aromatic carbocycles. The van der Waals surface area contributed by atoms with Crippen LogP contribution in [0, 0.1) is 12.8 Å². The van der Waals surface area contributed by atoms with Crippen LogP contribution < -0.4 is 5.32 Å². The van der Waals surface area contributed by atoms with Gasteiger partial charge in [0.15, 0.2) is 0 Å². The predicted octanol–water partition coefficient (Wildman–Crippen LogP) is 4.23. The molecule has 0 aliphatic carbocycles. The highest BCUT2D eigenvalue weighted by molar-refractivity contribution is 7.99. The average Bonchev–Trinajstić information content (AvgIpc) is 3.06. The van der Waals surface area contributed by atoms with Crippen LogP contribution in [0.5, 0.6) is 0 Å². The molecule has 0 spiro atoms. The number of amides is 1. The minimum Gasteiger partial charge on any atom is -0.351 e. The second-order valence-electron chi connectivity index (χ2n) is 7.43. The van der Waals surface area contributed by atoms with Crippen molar-refractivity contribution >= 4 is 29.0 Å². The SMILES string of the molecule is Cc1nc(CSCC(=O)NCc2ccc(CN3CCC[C@H](C)C3)cc2)cs1. The van der Waals surface area contributed by atoms with Crippen LogP contribution in [0.15, 0.2) is 29.6 Å². The third-order valence-electron chi connectivity index (χ3n) is 4.81. The van der Waals surface area contributed by atoms with Crippen LogP contribution in [0.2, 0.25) is 0 Å². The van der Waals surface area contributed by atoms with Gasteiger partial charge in [-0.05, 0) is 43.4 Å². The van der Waals surface area contributed by atoms with E-state index in [2.05, 4.69) is 51.8 Å². The van der Waals surface area contributed by atoms with Crippen LogP contribution in [-0.4, -0.2) is 34.6 Å². The van der Waals surface area contributed by atoms with Gasteiger partial charge in [0.1, 0.15) is 0 Å². The molecule has 0 saturated carbocycles. The summed E-state index contributed by atoms with van der Waals surface area (Å²) in [5.41, 5.74) is 3.57. The molecule has 27 heavy (non-hydrogen) atoms. The molecule has 1 atom stereocenters. The molecular weight excluding hydrogens is 374 g/mol. The Bertz CT molecular complexity index is 729. The molecule has 1 amide bonds. The summed E-state index contributed by atoms with van der Waals surface area (Å²) in [6.07, 6.45) is 2.67. The normalized spacial score (nSPS) is 17.8. The Morgan fingerprint density at radius 1 is 1.33 bits per heavy atom. The maximum Gasteiger partial charge on any atom is 0.230 e. The first-order valence-corrected chi connectivity index (χ1v) is 11.7. The summed E-state index contributed by atoms with van der Waals surface area (Å²) < 4.78 is 0. The minimum atomic E-state index is 0.0818. The lowest BCUT2D eigenvalue weighted by atomic mass is 9.99. The summed E-state index contributed by atoms with van der Waals surface area (Å²) >= 11 is 3.27. The van der Waals surface area contributed by atoms with E-state index in [1.807, 2.05) is 6.92 Å². The second kappa shape index (κ2) is 10.2. The zero-order valence-corrected chi connectivity index (χ0v) is 17.9. The Morgan fingerprint density at radius 3 is 2.81 bits per heavy atom. The zero-order chi connectivity index (χ0) is 19.1. The maximum absolute atomic E-state index is 12.0. The Labute approximate surface area is 170 Å². The zero-order valence-electron chi connectivity index (χ0n) is 16.2. The van der Waals surface area contributed by atoms with E-state index in [-0.39, 0.29) is 5.91 Å². The fourth-order valence-corrected chi connectivity index (χ4v) is 4.89. The monoisotopic (exact) mass is 403 g/mol. The predicted molar refractivity (Wildman–Crippen MR) is 115 cm³/mol. The summed E-state index contributed by atoms with van der Waals surface area (Å²) in [5, 5.41) is 6.15. The van der Waals surface area contributed by atoms with E-state index < -0.39 is 0 Å². The molecule has 1 aliphatic heterocycles. The number of rotatable bonds is 8. The average molecular weight is 404 g/mol. The Morgan fingerprint density at radius 2 is 2.11 bits per heavy atom. The van der Waals surface area contributed by atoms with Gasteiger partial charge in [0.05, 0.1) is 16.5 Å². The number of likely N-dealkylation sites (tertiary alicyclic amines) is 1. The van der Waals surface area contributed by atoms with Crippen molar-refractivity contribution < 1.29 is 4.79 Å². The lowest BCUT2D eigenvalue weighted by Gasteiger charge is -2.30. The Balaban J connectivity index is 1.36. The smallest absolute Gasteiger partial charge is 0.230 e. The molecule has 0 unspecified atom stereocenters. The van der Waals surface area contributed by atoms with Gasteiger partial charge in [-0.15, -0.1) is 23.1 Å². The van der Waals surface area contributed by atoms with E-state index in [1.165, 1.54) is 31.5 Å². The van der Waals surface area contributed by atoms with E-state index in [0.29, 0.717) is 12.3 Å². The Hall–Kier alpha value is -1.37. The van der Waals surface area contributed by atoms with Crippen molar-refractivity contribution in [1.29, 1.82) is 0 Å². The van der Waals surface area contributed by atoms with E-state index in [0.717, 1.165) is 34.5 Å². The number of carbonyl (C=O) groups excluding carboxylic acids is 1. The number of nitrogens with zero attached hydrogens (tertiary/aromatic N) is 2. The summed E-state index contributed by atoms with van der Waals surface area (Å²) in [5.74, 6) is 2.16. The highest BCUT2D eigenvalue weighted by Crippen LogP contribution is 2.18. The number of piperidine rings is 1. The molecule has 1 saturated heterocycles. The molecule has 0 bridgehead atoms. The van der Waals surface area contributed by atoms with Crippen molar-refractivity contribution in [3.05, 3.63) is 51.5 Å². The lowest BCUT2D eigenvalue weighted by Crippen LogP contribution is -2.33. The van der Waals surface area contributed by atoms with Gasteiger partial charge in [0.25, 0.3) is 0 Å². The highest BCUT2D eigenvalue weighted by Gasteiger charge is 2.16. The minimum absolute atomic E-state index is 0.0818. The van der Waals surface area contributed by atoms with Crippen LogP contribution in [0.4, 0.5) is 0 Å². The molecule has 6 heteroatoms. The molecule has 4 nitrogen and oxygen atoms in total. The molecule has 1 fully saturated rings. The van der Waals surface area contributed by atoms with E-state index in [1.54, 1.807) is 23.1 Å². The van der Waals surface area contributed by atoms with Crippen molar-refractivity contribution in [2.45, 2.75) is 45.5 Å². The number of benzene rings is 1. The lowest BCUT2D eigenvalue weighted by molar-refractivity contribution is -0.118. The molecule has 3 rings (SSSR count). The fraction of sp³-hybridized carbons (Fsp3) is 0.524. The van der Waals surface area contributed by atoms with Crippen molar-refractivity contribution in [3.63, 3.8) is 0 Å². The fourth-order valence-electron chi connectivity index (χ4n) is 3.43. The van der Waals surface area contributed by atoms with Gasteiger partial charge < -0.3 is 5.32 Å². The standard InChI is InChI=1S/C21H29N3OS2/c1-16-4-3-9-24(11-16)12-19-7-5-18(6-8-19)10-22-21(25)15-26-13-20-14-27-17(2)23-20/h5-8,14,16H,3-4,9-13,15H2,1-2H3,(H,22,25)/t16-/m0/s1. The summed E-state index contributed by atoms with van der Waals surface area (Å²) in [6, 6.07) is 8.66. The molecule has 1 aromatic heterocycles. The van der Waals surface area contributed by atoms with Gasteiger partial charge in [-0.3, -0.25) is 9.69 Å². The largest absolute Gasteiger partial charge is 0.351 e. The number of aromatic nitrogens is 1. The molecule has 146 valence electrons. The van der Waals surface area contributed by atoms with E-state index in [4.69, 9.17) is 0 Å². The number of aryl methyl sites for hydroxylation is 1. The number of thiazole rings is 1. The topological polar surface area (TPSA) is 45.2 Å². The summed E-state index contributed by atoms with van der Waals surface area (Å²) in [6.45, 7) is 8.38. The maximum atomic E-state index is 12.0. The van der Waals surface area contributed by atoms with Gasteiger partial charge in [-0.1, -0.05) is 31.2 Å². The van der Waals surface area contributed by atoms with Gasteiger partial charge in [0.2, 0.25) is 5.91 Å². The van der Waals surface area contributed by atoms with Gasteiger partial charge in [-0.2, -0.15) is 0 Å². The molecular formula is C21H29N3OS2. The van der Waals surface area contributed by atoms with E-state index >= 15 is 0 Å². The molecule has 2 heterocycles. The van der Waals surface area contributed by atoms with Crippen molar-refractivity contribution in [3.8, 4) is 0 Å². The number of hydrogen-bond acceptors (Lipinski definition) is 5. The van der Waals surface area contributed by atoms with Crippen molar-refractivity contribution in [2.75, 3.05) is 18.8 Å². The van der Waals surface area contributed by atoms with Crippen LogP contribution in [0.3, 0.4) is 0 Å². The summed E-state index contributed by atoms with van der Waals surface area (Å²) in [4.78, 5) is 19.0. The van der Waals surface area contributed by atoms with Crippen LogP contribution in [0.1, 0.15) is 41.6 Å². The third-order valence-corrected chi connectivity index (χ3v) is 6.60. The molecule has 2 aromatic rings. The molecule has 0 radical (unpaired) electrons. The number of carbonyl (C=O) groups is 1. The number of thioether (sulfide) groups is 1. The quantitative estimate of drug-likeness (QED) is 0.716. The van der Waals surface area contributed by atoms with Crippen molar-refractivity contribution in [2.24, 2.45) is 5.92 Å². The Kier molecular flexibility index (Phi) is 7.73. The van der Waals surface area contributed by atoms with Gasteiger partial charge >= 0.3 is 0 Å². The third kappa shape index (κ3) is 6.94. The van der Waals surface area contributed by atoms with Crippen LogP contribution in [-0.2, 0) is 23.6 Å². The first-order chi connectivity index (χ1) is 13.1. The van der Waals surface area contributed by atoms with Crippen LogP contribution >= 0.6 is 23.1 Å². The first kappa shape index (κ1) is 20.4. The summed E-state index contributed by atoms with van der Waals surface area (Å²) in [7, 11) is 0. The van der Waals surface area contributed by atoms with Crippen molar-refractivity contribution in [1.82, 2.24) is 15.2 Å². The van der Waals surface area contributed by atoms with E-state index in [9.17, 15) is 4.79 Å². The second-order valence-corrected chi connectivity index (χ2v) is 9.47. The highest BCUT2D eigenvalue weighted by atomic mass is 32.2. The van der Waals surface area contributed by atoms with Crippen LogP contribution in [0.25, 0.3) is 0 Å². The first-order valence-electron chi connectivity index (χ1n) is 9.64.